The standard InChI is InChI=1S/C13H25NO2/c1-12(2)6-5-8-14(9-7-12)10-13(3,4)11(15)16/h5-10H2,1-4H3,(H,15,16). The van der Waals surface area contributed by atoms with Crippen molar-refractivity contribution < 1.29 is 9.90 Å². The predicted octanol–water partition coefficient (Wildman–Crippen LogP) is 2.61. The van der Waals surface area contributed by atoms with Gasteiger partial charge in [0, 0.05) is 6.54 Å². The lowest BCUT2D eigenvalue weighted by Gasteiger charge is -2.29. The molecule has 0 unspecified atom stereocenters. The molecule has 1 heterocycles. The molecule has 0 aromatic rings. The molecule has 0 amide bonds. The highest BCUT2D eigenvalue weighted by Crippen LogP contribution is 2.30. The van der Waals surface area contributed by atoms with Gasteiger partial charge in [0.05, 0.1) is 5.41 Å². The summed E-state index contributed by atoms with van der Waals surface area (Å²) >= 11 is 0. The van der Waals surface area contributed by atoms with Crippen LogP contribution in [0, 0.1) is 10.8 Å². The minimum atomic E-state index is -0.698. The number of hydrogen-bond acceptors (Lipinski definition) is 2. The Kier molecular flexibility index (Phi) is 4.00. The lowest BCUT2D eigenvalue weighted by Crippen LogP contribution is -2.39. The second-order valence-electron chi connectivity index (χ2n) is 6.48. The maximum Gasteiger partial charge on any atom is 0.310 e. The number of aliphatic carboxylic acids is 1. The molecule has 1 rings (SSSR count). The average Bonchev–Trinajstić information content (AvgIpc) is 2.27. The Morgan fingerprint density at radius 1 is 1.31 bits per heavy atom. The highest BCUT2D eigenvalue weighted by atomic mass is 16.4. The van der Waals surface area contributed by atoms with Crippen LogP contribution in [0.25, 0.3) is 0 Å². The lowest BCUT2D eigenvalue weighted by molar-refractivity contribution is -0.148. The van der Waals surface area contributed by atoms with Gasteiger partial charge in [-0.3, -0.25) is 4.79 Å². The van der Waals surface area contributed by atoms with Crippen molar-refractivity contribution in [2.75, 3.05) is 19.6 Å². The Balaban J connectivity index is 2.53. The molecule has 1 saturated heterocycles. The molecule has 0 saturated carbocycles. The SMILES string of the molecule is CC1(C)CCCN(CC(C)(C)C(=O)O)CC1. The molecule has 0 atom stereocenters. The molecular weight excluding hydrogens is 202 g/mol. The number of likely N-dealkylation sites (tertiary alicyclic amines) is 1. The van der Waals surface area contributed by atoms with Crippen LogP contribution in [0.3, 0.4) is 0 Å². The molecule has 94 valence electrons. The summed E-state index contributed by atoms with van der Waals surface area (Å²) in [6.45, 7) is 11.0. The Labute approximate surface area is 98.8 Å². The van der Waals surface area contributed by atoms with Crippen LogP contribution in [-0.4, -0.2) is 35.6 Å². The van der Waals surface area contributed by atoms with Crippen LogP contribution in [0.2, 0.25) is 0 Å². The van der Waals surface area contributed by atoms with E-state index < -0.39 is 11.4 Å². The number of hydrogen-bond donors (Lipinski definition) is 1. The van der Waals surface area contributed by atoms with Gasteiger partial charge < -0.3 is 10.0 Å². The van der Waals surface area contributed by atoms with E-state index >= 15 is 0 Å². The van der Waals surface area contributed by atoms with Crippen LogP contribution in [0.15, 0.2) is 0 Å². The van der Waals surface area contributed by atoms with E-state index in [0.717, 1.165) is 13.1 Å². The van der Waals surface area contributed by atoms with Crippen molar-refractivity contribution >= 4 is 5.97 Å². The summed E-state index contributed by atoms with van der Waals surface area (Å²) in [5.74, 6) is -0.698. The number of carbonyl (C=O) groups is 1. The summed E-state index contributed by atoms with van der Waals surface area (Å²) in [5.41, 5.74) is -0.212. The first kappa shape index (κ1) is 13.5. The summed E-state index contributed by atoms with van der Waals surface area (Å²) in [6, 6.07) is 0. The van der Waals surface area contributed by atoms with E-state index in [1.54, 1.807) is 0 Å². The number of nitrogens with zero attached hydrogens (tertiary/aromatic N) is 1. The Morgan fingerprint density at radius 2 is 1.94 bits per heavy atom. The van der Waals surface area contributed by atoms with Crippen molar-refractivity contribution in [2.24, 2.45) is 10.8 Å². The van der Waals surface area contributed by atoms with E-state index in [9.17, 15) is 4.79 Å². The highest BCUT2D eigenvalue weighted by Gasteiger charge is 2.31. The van der Waals surface area contributed by atoms with Gasteiger partial charge in [0.15, 0.2) is 0 Å². The van der Waals surface area contributed by atoms with Gasteiger partial charge in [-0.25, -0.2) is 0 Å². The van der Waals surface area contributed by atoms with Crippen LogP contribution in [0.4, 0.5) is 0 Å². The number of rotatable bonds is 3. The monoisotopic (exact) mass is 227 g/mol. The fraction of sp³-hybridized carbons (Fsp3) is 0.923. The van der Waals surface area contributed by atoms with Crippen LogP contribution < -0.4 is 0 Å². The van der Waals surface area contributed by atoms with Gasteiger partial charge in [-0.2, -0.15) is 0 Å². The molecule has 0 aliphatic carbocycles. The van der Waals surface area contributed by atoms with Gasteiger partial charge >= 0.3 is 5.97 Å². The van der Waals surface area contributed by atoms with Gasteiger partial charge in [0.1, 0.15) is 0 Å². The van der Waals surface area contributed by atoms with Crippen molar-refractivity contribution in [3.63, 3.8) is 0 Å². The topological polar surface area (TPSA) is 40.5 Å². The van der Waals surface area contributed by atoms with E-state index in [2.05, 4.69) is 18.7 Å². The van der Waals surface area contributed by atoms with Crippen molar-refractivity contribution in [1.29, 1.82) is 0 Å². The minimum Gasteiger partial charge on any atom is -0.481 e. The molecule has 3 heteroatoms. The minimum absolute atomic E-state index is 0.419. The normalized spacial score (nSPS) is 22.8. The molecule has 0 radical (unpaired) electrons. The third-order valence-electron chi connectivity index (χ3n) is 3.63. The molecule has 0 spiro atoms. The predicted molar refractivity (Wildman–Crippen MR) is 65.5 cm³/mol. The first-order chi connectivity index (χ1) is 7.23. The van der Waals surface area contributed by atoms with Gasteiger partial charge in [0.2, 0.25) is 0 Å². The van der Waals surface area contributed by atoms with E-state index in [-0.39, 0.29) is 0 Å². The summed E-state index contributed by atoms with van der Waals surface area (Å²) in [5, 5.41) is 9.12. The van der Waals surface area contributed by atoms with Crippen LogP contribution >= 0.6 is 0 Å². The maximum absolute atomic E-state index is 11.1. The molecule has 3 nitrogen and oxygen atoms in total. The van der Waals surface area contributed by atoms with Crippen molar-refractivity contribution in [3.05, 3.63) is 0 Å². The van der Waals surface area contributed by atoms with Crippen LogP contribution in [0.1, 0.15) is 47.0 Å². The summed E-state index contributed by atoms with van der Waals surface area (Å²) in [6.07, 6.45) is 3.60. The van der Waals surface area contributed by atoms with Crippen molar-refractivity contribution in [3.8, 4) is 0 Å². The molecule has 1 N–H and O–H groups in total. The molecule has 0 bridgehead atoms. The first-order valence-electron chi connectivity index (χ1n) is 6.19. The molecule has 1 aliphatic rings. The second kappa shape index (κ2) is 4.74. The summed E-state index contributed by atoms with van der Waals surface area (Å²) in [7, 11) is 0. The fourth-order valence-corrected chi connectivity index (χ4v) is 2.26. The average molecular weight is 227 g/mol. The fourth-order valence-electron chi connectivity index (χ4n) is 2.26. The van der Waals surface area contributed by atoms with E-state index in [4.69, 9.17) is 5.11 Å². The van der Waals surface area contributed by atoms with Crippen molar-refractivity contribution in [2.45, 2.75) is 47.0 Å². The number of carboxylic acids is 1. The molecule has 0 aromatic carbocycles. The third kappa shape index (κ3) is 3.78. The molecule has 1 fully saturated rings. The Hall–Kier alpha value is -0.570. The Morgan fingerprint density at radius 3 is 2.50 bits per heavy atom. The van der Waals surface area contributed by atoms with Crippen molar-refractivity contribution in [1.82, 2.24) is 4.90 Å². The zero-order valence-electron chi connectivity index (χ0n) is 11.0. The van der Waals surface area contributed by atoms with Gasteiger partial charge in [0.25, 0.3) is 0 Å². The largest absolute Gasteiger partial charge is 0.481 e. The highest BCUT2D eigenvalue weighted by molar-refractivity contribution is 5.73. The molecule has 16 heavy (non-hydrogen) atoms. The lowest BCUT2D eigenvalue weighted by atomic mass is 9.85. The smallest absolute Gasteiger partial charge is 0.310 e. The summed E-state index contributed by atoms with van der Waals surface area (Å²) in [4.78, 5) is 13.4. The zero-order valence-corrected chi connectivity index (χ0v) is 11.0. The number of carboxylic acid groups (broad SMARTS) is 1. The zero-order chi connectivity index (χ0) is 12.4. The van der Waals surface area contributed by atoms with E-state index in [1.165, 1.54) is 19.3 Å². The van der Waals surface area contributed by atoms with Crippen LogP contribution in [-0.2, 0) is 4.79 Å². The first-order valence-corrected chi connectivity index (χ1v) is 6.19. The quantitative estimate of drug-likeness (QED) is 0.805. The second-order valence-corrected chi connectivity index (χ2v) is 6.48. The molecular formula is C13H25NO2. The van der Waals surface area contributed by atoms with Gasteiger partial charge in [-0.05, 0) is 51.6 Å². The van der Waals surface area contributed by atoms with Crippen LogP contribution in [0.5, 0.6) is 0 Å². The molecule has 1 aliphatic heterocycles. The van der Waals surface area contributed by atoms with Gasteiger partial charge in [-0.15, -0.1) is 0 Å². The maximum atomic E-state index is 11.1. The van der Waals surface area contributed by atoms with Gasteiger partial charge in [-0.1, -0.05) is 13.8 Å². The summed E-state index contributed by atoms with van der Waals surface area (Å²) < 4.78 is 0. The Bertz CT molecular complexity index is 259. The third-order valence-corrected chi connectivity index (χ3v) is 3.63. The molecule has 0 aromatic heterocycles. The van der Waals surface area contributed by atoms with E-state index in [0.29, 0.717) is 12.0 Å². The van der Waals surface area contributed by atoms with E-state index in [1.807, 2.05) is 13.8 Å².